The molecule has 9 nitrogen and oxygen atoms in total. The van der Waals surface area contributed by atoms with Crippen LogP contribution in [0.5, 0.6) is 5.75 Å². The van der Waals surface area contributed by atoms with Crippen molar-refractivity contribution < 1.29 is 23.1 Å². The number of rotatable bonds is 13. The lowest BCUT2D eigenvalue weighted by molar-refractivity contribution is -0.138. The van der Waals surface area contributed by atoms with E-state index in [4.69, 9.17) is 13.9 Å². The van der Waals surface area contributed by atoms with E-state index in [2.05, 4.69) is 0 Å². The van der Waals surface area contributed by atoms with Crippen molar-refractivity contribution in [3.63, 3.8) is 0 Å². The van der Waals surface area contributed by atoms with Crippen LogP contribution in [0, 0.1) is 24.1 Å². The Hall–Kier alpha value is -4.83. The van der Waals surface area contributed by atoms with Gasteiger partial charge in [0.05, 0.1) is 38.1 Å². The van der Waals surface area contributed by atoms with Gasteiger partial charge in [0.25, 0.3) is 5.56 Å². The van der Waals surface area contributed by atoms with Gasteiger partial charge in [-0.3, -0.25) is 14.2 Å². The minimum Gasteiger partial charge on any atom is -0.508 e. The number of carbonyl (C=O) groups is 1. The zero-order valence-corrected chi connectivity index (χ0v) is 32.4. The fourth-order valence-electron chi connectivity index (χ4n) is 6.85. The van der Waals surface area contributed by atoms with Gasteiger partial charge in [-0.2, -0.15) is 5.26 Å². The predicted molar refractivity (Wildman–Crippen MR) is 205 cm³/mol. The Labute approximate surface area is 308 Å². The Morgan fingerprint density at radius 1 is 1.02 bits per heavy atom. The quantitative estimate of drug-likeness (QED) is 0.0991. The molecule has 5 rings (SSSR count). The molecular formula is C40H44FN3O6SSi. The monoisotopic (exact) mass is 741 g/mol. The molecule has 0 N–H and O–H groups in total. The van der Waals surface area contributed by atoms with E-state index < -0.39 is 48.5 Å². The molecule has 3 aromatic carbocycles. The van der Waals surface area contributed by atoms with E-state index in [-0.39, 0.29) is 19.6 Å². The van der Waals surface area contributed by atoms with Gasteiger partial charge in [0, 0.05) is 10.4 Å². The number of aromatic nitrogens is 2. The lowest BCUT2D eigenvalue weighted by Gasteiger charge is -2.42. The van der Waals surface area contributed by atoms with Gasteiger partial charge in [0.15, 0.2) is 0 Å². The molecule has 0 aliphatic carbocycles. The van der Waals surface area contributed by atoms with Crippen molar-refractivity contribution in [2.75, 3.05) is 13.7 Å². The van der Waals surface area contributed by atoms with Crippen LogP contribution < -0.4 is 26.4 Å². The molecule has 0 fully saturated rings. The van der Waals surface area contributed by atoms with Gasteiger partial charge in [-0.05, 0) is 59.4 Å². The average Bonchev–Trinajstić information content (AvgIpc) is 3.47. The molecule has 0 spiro atoms. The fourth-order valence-corrected chi connectivity index (χ4v) is 12.5. The Morgan fingerprint density at radius 3 is 2.17 bits per heavy atom. The molecule has 5 aromatic rings. The van der Waals surface area contributed by atoms with Gasteiger partial charge in [0.2, 0.25) is 0 Å². The number of carbonyl (C=O) groups excluding carboxylic acids is 1. The van der Waals surface area contributed by atoms with Gasteiger partial charge in [-0.1, -0.05) is 88.4 Å². The molecule has 0 saturated carbocycles. The van der Waals surface area contributed by atoms with Crippen LogP contribution in [-0.2, 0) is 26.9 Å². The van der Waals surface area contributed by atoms with Gasteiger partial charge in [-0.15, -0.1) is 11.3 Å². The number of halogens is 1. The number of benzene rings is 3. The molecule has 0 bridgehead atoms. The summed E-state index contributed by atoms with van der Waals surface area (Å²) in [7, 11) is -1.95. The molecule has 1 unspecified atom stereocenters. The SMILES string of the molecule is CCc1sc2c(c1C)c(=O)n(C(C)C(=O)O[Si](c1ccccc1)(c1ccccc1)C(C)(C)C)c(=O)n2C[C@H](OCCC#N)c1cc(F)ccc1OC. The minimum absolute atomic E-state index is 0.00323. The van der Waals surface area contributed by atoms with Crippen LogP contribution in [0.25, 0.3) is 10.2 Å². The van der Waals surface area contributed by atoms with Gasteiger partial charge >= 0.3 is 20.0 Å². The summed E-state index contributed by atoms with van der Waals surface area (Å²) in [6.07, 6.45) is -0.275. The number of aryl methyl sites for hydroxylation is 2. The predicted octanol–water partition coefficient (Wildman–Crippen LogP) is 6.58. The smallest absolute Gasteiger partial charge is 0.333 e. The summed E-state index contributed by atoms with van der Waals surface area (Å²) in [6.45, 7) is 11.3. The third-order valence-electron chi connectivity index (χ3n) is 9.48. The Balaban J connectivity index is 1.71. The first-order valence-electron chi connectivity index (χ1n) is 17.2. The lowest BCUT2D eigenvalue weighted by atomic mass is 10.1. The number of ether oxygens (including phenoxy) is 2. The van der Waals surface area contributed by atoms with E-state index in [1.54, 1.807) is 0 Å². The van der Waals surface area contributed by atoms with E-state index in [0.29, 0.717) is 33.5 Å². The fraction of sp³-hybridized carbons (Fsp3) is 0.350. The minimum atomic E-state index is -3.40. The molecule has 0 saturated heterocycles. The highest BCUT2D eigenvalue weighted by Crippen LogP contribution is 2.38. The lowest BCUT2D eigenvalue weighted by Crippen LogP contribution is -2.67. The maximum atomic E-state index is 14.7. The number of thiophene rings is 1. The zero-order valence-electron chi connectivity index (χ0n) is 30.6. The van der Waals surface area contributed by atoms with Crippen molar-refractivity contribution in [1.82, 2.24) is 9.13 Å². The number of hydrogen-bond acceptors (Lipinski definition) is 8. The first kappa shape index (κ1) is 38.4. The van der Waals surface area contributed by atoms with Crippen LogP contribution in [0.4, 0.5) is 4.39 Å². The van der Waals surface area contributed by atoms with Gasteiger partial charge in [0.1, 0.15) is 28.5 Å². The van der Waals surface area contributed by atoms with Crippen molar-refractivity contribution in [1.29, 1.82) is 5.26 Å². The summed E-state index contributed by atoms with van der Waals surface area (Å²) < 4.78 is 35.4. The Morgan fingerprint density at radius 2 is 1.63 bits per heavy atom. The van der Waals surface area contributed by atoms with Crippen LogP contribution in [-0.4, -0.2) is 37.1 Å². The molecule has 52 heavy (non-hydrogen) atoms. The Bertz CT molecular complexity index is 2180. The number of hydrogen-bond donors (Lipinski definition) is 0. The van der Waals surface area contributed by atoms with Crippen LogP contribution in [0.15, 0.2) is 88.5 Å². The summed E-state index contributed by atoms with van der Waals surface area (Å²) in [5.41, 5.74) is -0.284. The highest BCUT2D eigenvalue weighted by molar-refractivity contribution is 7.18. The average molecular weight is 742 g/mol. The zero-order chi connectivity index (χ0) is 37.8. The molecule has 0 amide bonds. The third-order valence-corrected chi connectivity index (χ3v) is 15.9. The summed E-state index contributed by atoms with van der Waals surface area (Å²) in [6, 6.07) is 24.0. The standard InChI is InChI=1S/C40H44FN3O6SSi/c1-8-34-26(2)35-36(45)44(27(3)38(46)50-52(40(4,5)6,29-16-11-9-12-17-29)30-18-13-10-14-19-30)39(47)43(37(35)51-34)25-33(49-23-15-22-42)31-24-28(41)20-21-32(31)48-7/h9-14,16-21,24,27,33H,8,15,23,25H2,1-7H3/t27?,33-/m0/s1. The number of fused-ring (bicyclic) bond motifs is 1. The molecule has 0 aliphatic heterocycles. The van der Waals surface area contributed by atoms with Crippen molar-refractivity contribution in [3.8, 4) is 11.8 Å². The number of nitrogens with zero attached hydrogens (tertiary/aromatic N) is 3. The van der Waals surface area contributed by atoms with E-state index in [1.165, 1.54) is 48.1 Å². The normalized spacial score (nSPS) is 13.1. The molecule has 2 atom stereocenters. The molecular weight excluding hydrogens is 698 g/mol. The number of methoxy groups -OCH3 is 1. The molecule has 2 heterocycles. The molecule has 0 radical (unpaired) electrons. The van der Waals surface area contributed by atoms with Crippen LogP contribution in [0.1, 0.15) is 69.2 Å². The first-order chi connectivity index (χ1) is 24.8. The summed E-state index contributed by atoms with van der Waals surface area (Å²) in [4.78, 5) is 45.0. The molecule has 272 valence electrons. The van der Waals surface area contributed by atoms with Crippen LogP contribution in [0.3, 0.4) is 0 Å². The van der Waals surface area contributed by atoms with Crippen molar-refractivity contribution in [3.05, 3.63) is 122 Å². The van der Waals surface area contributed by atoms with Crippen molar-refractivity contribution >= 4 is 46.2 Å². The van der Waals surface area contributed by atoms with Crippen molar-refractivity contribution in [2.45, 2.75) is 78.1 Å². The highest BCUT2D eigenvalue weighted by Gasteiger charge is 2.53. The van der Waals surface area contributed by atoms with E-state index >= 15 is 0 Å². The van der Waals surface area contributed by atoms with Gasteiger partial charge < -0.3 is 13.9 Å². The van der Waals surface area contributed by atoms with E-state index in [0.717, 1.165) is 19.8 Å². The summed E-state index contributed by atoms with van der Waals surface area (Å²) in [5, 5.41) is 10.8. The Kier molecular flexibility index (Phi) is 11.7. The highest BCUT2D eigenvalue weighted by atomic mass is 32.1. The first-order valence-corrected chi connectivity index (χ1v) is 20.0. The van der Waals surface area contributed by atoms with Crippen molar-refractivity contribution in [2.24, 2.45) is 0 Å². The van der Waals surface area contributed by atoms with Crippen LogP contribution in [0.2, 0.25) is 5.04 Å². The largest absolute Gasteiger partial charge is 0.508 e. The maximum absolute atomic E-state index is 14.7. The van der Waals surface area contributed by atoms with Crippen LogP contribution >= 0.6 is 11.3 Å². The van der Waals surface area contributed by atoms with E-state index in [1.807, 2.05) is 101 Å². The second-order valence-electron chi connectivity index (χ2n) is 13.7. The topological polar surface area (TPSA) is 113 Å². The third kappa shape index (κ3) is 7.13. The molecule has 0 aliphatic rings. The summed E-state index contributed by atoms with van der Waals surface area (Å²) >= 11 is 1.32. The molecule has 2 aromatic heterocycles. The second-order valence-corrected chi connectivity index (χ2v) is 19.0. The van der Waals surface area contributed by atoms with E-state index in [9.17, 15) is 24.0 Å². The maximum Gasteiger partial charge on any atom is 0.333 e. The number of nitriles is 1. The van der Waals surface area contributed by atoms with Gasteiger partial charge in [-0.25, -0.2) is 13.8 Å². The molecule has 12 heteroatoms. The second kappa shape index (κ2) is 15.8. The summed E-state index contributed by atoms with van der Waals surface area (Å²) in [5.74, 6) is -0.913.